The second kappa shape index (κ2) is 5.98. The van der Waals surface area contributed by atoms with E-state index in [1.165, 1.54) is 6.42 Å². The molecule has 1 fully saturated rings. The van der Waals surface area contributed by atoms with Crippen LogP contribution in [-0.4, -0.2) is 28.4 Å². The normalized spacial score (nSPS) is 16.6. The molecular weight excluding hydrogens is 284 g/mol. The molecule has 1 aliphatic rings. The number of halogens is 1. The topological polar surface area (TPSA) is 80.0 Å². The van der Waals surface area contributed by atoms with E-state index in [1.54, 1.807) is 12.1 Å². The summed E-state index contributed by atoms with van der Waals surface area (Å²) in [5.74, 6) is 5.43. The lowest BCUT2D eigenvalue weighted by molar-refractivity contribution is 0.0939. The van der Waals surface area contributed by atoms with E-state index in [-0.39, 0.29) is 16.3 Å². The van der Waals surface area contributed by atoms with Crippen LogP contribution in [0.2, 0.25) is 5.02 Å². The number of anilines is 1. The maximum Gasteiger partial charge on any atom is 0.271 e. The van der Waals surface area contributed by atoms with Crippen molar-refractivity contribution in [1.82, 2.24) is 10.3 Å². The van der Waals surface area contributed by atoms with Crippen LogP contribution in [0.1, 0.15) is 29.8 Å². The van der Waals surface area contributed by atoms with Crippen molar-refractivity contribution in [3.05, 3.63) is 22.8 Å². The standard InChI is InChI=1S/C12H17ClN4OS/c1-19-12(5-2-6-12)7-15-11(18)10-8(13)3-4-9(16-10)17-14/h3-4H,2,5-7,14H2,1H3,(H,15,18)(H,16,17). The van der Waals surface area contributed by atoms with Crippen LogP contribution in [0.4, 0.5) is 5.82 Å². The average molecular weight is 301 g/mol. The molecule has 1 amide bonds. The molecule has 1 aromatic rings. The van der Waals surface area contributed by atoms with E-state index >= 15 is 0 Å². The van der Waals surface area contributed by atoms with Gasteiger partial charge in [0.05, 0.1) is 5.02 Å². The van der Waals surface area contributed by atoms with Gasteiger partial charge in [-0.05, 0) is 31.2 Å². The van der Waals surface area contributed by atoms with Gasteiger partial charge in [0.1, 0.15) is 11.5 Å². The van der Waals surface area contributed by atoms with Gasteiger partial charge < -0.3 is 10.7 Å². The molecule has 0 spiro atoms. The second-order valence-electron chi connectivity index (χ2n) is 4.59. The first-order chi connectivity index (χ1) is 9.10. The van der Waals surface area contributed by atoms with Gasteiger partial charge >= 0.3 is 0 Å². The third-order valence-corrected chi connectivity index (χ3v) is 5.20. The zero-order chi connectivity index (χ0) is 13.9. The van der Waals surface area contributed by atoms with Crippen molar-refractivity contribution in [3.8, 4) is 0 Å². The molecule has 104 valence electrons. The summed E-state index contributed by atoms with van der Waals surface area (Å²) in [6.07, 6.45) is 5.58. The molecule has 0 aliphatic heterocycles. The van der Waals surface area contributed by atoms with E-state index in [4.69, 9.17) is 17.4 Å². The summed E-state index contributed by atoms with van der Waals surface area (Å²) in [5.41, 5.74) is 2.60. The average Bonchev–Trinajstić information content (AvgIpc) is 2.38. The number of hydrogen-bond donors (Lipinski definition) is 3. The predicted molar refractivity (Wildman–Crippen MR) is 79.5 cm³/mol. The minimum absolute atomic E-state index is 0.186. The molecule has 0 saturated heterocycles. The first-order valence-corrected chi connectivity index (χ1v) is 7.67. The second-order valence-corrected chi connectivity index (χ2v) is 6.28. The maximum atomic E-state index is 12.1. The summed E-state index contributed by atoms with van der Waals surface area (Å²) >= 11 is 7.79. The highest BCUT2D eigenvalue weighted by Crippen LogP contribution is 2.42. The van der Waals surface area contributed by atoms with Gasteiger partial charge in [-0.2, -0.15) is 11.8 Å². The number of nitrogens with one attached hydrogen (secondary N) is 2. The quantitative estimate of drug-likeness (QED) is 0.573. The third kappa shape index (κ3) is 3.13. The van der Waals surface area contributed by atoms with Crippen molar-refractivity contribution in [3.63, 3.8) is 0 Å². The lowest BCUT2D eigenvalue weighted by Crippen LogP contribution is -2.45. The molecule has 0 aromatic carbocycles. The van der Waals surface area contributed by atoms with Gasteiger partial charge in [0, 0.05) is 11.3 Å². The number of nitrogen functional groups attached to an aromatic ring is 1. The number of nitrogens with zero attached hydrogens (tertiary/aromatic N) is 1. The number of thioether (sulfide) groups is 1. The van der Waals surface area contributed by atoms with Crippen LogP contribution >= 0.6 is 23.4 Å². The number of amides is 1. The Bertz CT molecular complexity index is 473. The Kier molecular flexibility index (Phi) is 4.54. The number of pyridine rings is 1. The fraction of sp³-hybridized carbons (Fsp3) is 0.500. The van der Waals surface area contributed by atoms with Crippen molar-refractivity contribution < 1.29 is 4.79 Å². The zero-order valence-electron chi connectivity index (χ0n) is 10.7. The fourth-order valence-corrected chi connectivity index (χ4v) is 3.14. The molecule has 0 radical (unpaired) electrons. The van der Waals surface area contributed by atoms with Crippen molar-refractivity contribution in [1.29, 1.82) is 0 Å². The molecule has 0 atom stereocenters. The fourth-order valence-electron chi connectivity index (χ4n) is 2.03. The SMILES string of the molecule is CSC1(CNC(=O)c2nc(NN)ccc2Cl)CCC1. The van der Waals surface area contributed by atoms with Gasteiger partial charge in [-0.3, -0.25) is 4.79 Å². The van der Waals surface area contributed by atoms with Crippen LogP contribution in [0.25, 0.3) is 0 Å². The maximum absolute atomic E-state index is 12.1. The Labute approximate surface area is 121 Å². The smallest absolute Gasteiger partial charge is 0.271 e. The zero-order valence-corrected chi connectivity index (χ0v) is 12.3. The highest BCUT2D eigenvalue weighted by Gasteiger charge is 2.36. The monoisotopic (exact) mass is 300 g/mol. The number of rotatable bonds is 5. The first kappa shape index (κ1) is 14.4. The van der Waals surface area contributed by atoms with E-state index in [0.29, 0.717) is 17.4 Å². The Morgan fingerprint density at radius 2 is 2.32 bits per heavy atom. The number of hydrazine groups is 1. The van der Waals surface area contributed by atoms with Gasteiger partial charge in [0.25, 0.3) is 5.91 Å². The summed E-state index contributed by atoms with van der Waals surface area (Å²) in [4.78, 5) is 16.2. The molecule has 1 heterocycles. The summed E-state index contributed by atoms with van der Waals surface area (Å²) in [6, 6.07) is 3.22. The highest BCUT2D eigenvalue weighted by molar-refractivity contribution is 8.00. The van der Waals surface area contributed by atoms with Crippen LogP contribution in [0.15, 0.2) is 12.1 Å². The van der Waals surface area contributed by atoms with Crippen LogP contribution < -0.4 is 16.6 Å². The number of aromatic nitrogens is 1. The van der Waals surface area contributed by atoms with Crippen LogP contribution in [0, 0.1) is 0 Å². The summed E-state index contributed by atoms with van der Waals surface area (Å²) in [7, 11) is 0. The van der Waals surface area contributed by atoms with E-state index in [1.807, 2.05) is 11.8 Å². The van der Waals surface area contributed by atoms with Crippen molar-refractivity contribution in [2.24, 2.45) is 5.84 Å². The third-order valence-electron chi connectivity index (χ3n) is 3.48. The van der Waals surface area contributed by atoms with Gasteiger partial charge in [0.2, 0.25) is 0 Å². The van der Waals surface area contributed by atoms with E-state index in [2.05, 4.69) is 22.0 Å². The number of carbonyl (C=O) groups is 1. The van der Waals surface area contributed by atoms with Crippen molar-refractivity contribution in [2.45, 2.75) is 24.0 Å². The Morgan fingerprint density at radius 3 is 2.84 bits per heavy atom. The molecule has 5 nitrogen and oxygen atoms in total. The van der Waals surface area contributed by atoms with E-state index in [0.717, 1.165) is 12.8 Å². The van der Waals surface area contributed by atoms with Gasteiger partial charge in [0.15, 0.2) is 0 Å². The number of nitrogens with two attached hydrogens (primary N) is 1. The highest BCUT2D eigenvalue weighted by atomic mass is 35.5. The molecule has 19 heavy (non-hydrogen) atoms. The lowest BCUT2D eigenvalue weighted by atomic mass is 9.84. The molecule has 0 bridgehead atoms. The van der Waals surface area contributed by atoms with Crippen LogP contribution in [0.5, 0.6) is 0 Å². The minimum atomic E-state index is -0.262. The molecule has 4 N–H and O–H groups in total. The molecule has 1 aromatic heterocycles. The minimum Gasteiger partial charge on any atom is -0.349 e. The van der Waals surface area contributed by atoms with Crippen LogP contribution in [0.3, 0.4) is 0 Å². The summed E-state index contributed by atoms with van der Waals surface area (Å²) in [6.45, 7) is 0.644. The van der Waals surface area contributed by atoms with Gasteiger partial charge in [-0.1, -0.05) is 18.0 Å². The molecule has 0 unspecified atom stereocenters. The molecule has 1 aliphatic carbocycles. The molecule has 1 saturated carbocycles. The van der Waals surface area contributed by atoms with Crippen LogP contribution in [-0.2, 0) is 0 Å². The molecule has 7 heteroatoms. The Balaban J connectivity index is 2.03. The first-order valence-electron chi connectivity index (χ1n) is 6.07. The summed E-state index contributed by atoms with van der Waals surface area (Å²) in [5, 5.41) is 3.23. The number of carbonyl (C=O) groups excluding carboxylic acids is 1. The lowest BCUT2D eigenvalue weighted by Gasteiger charge is -2.40. The summed E-state index contributed by atoms with van der Waals surface area (Å²) < 4.78 is 0.186. The molecular formula is C12H17ClN4OS. The van der Waals surface area contributed by atoms with E-state index in [9.17, 15) is 4.79 Å². The molecule has 2 rings (SSSR count). The van der Waals surface area contributed by atoms with Gasteiger partial charge in [-0.25, -0.2) is 10.8 Å². The number of hydrogen-bond acceptors (Lipinski definition) is 5. The van der Waals surface area contributed by atoms with Gasteiger partial charge in [-0.15, -0.1) is 0 Å². The Morgan fingerprint density at radius 1 is 1.58 bits per heavy atom. The van der Waals surface area contributed by atoms with E-state index < -0.39 is 0 Å². The largest absolute Gasteiger partial charge is 0.349 e. The van der Waals surface area contributed by atoms with Crippen molar-refractivity contribution in [2.75, 3.05) is 18.2 Å². The van der Waals surface area contributed by atoms with Crippen molar-refractivity contribution >= 4 is 35.1 Å². The predicted octanol–water partition coefficient (Wildman–Crippen LogP) is 2.04. The Hall–Kier alpha value is -0.980.